The van der Waals surface area contributed by atoms with E-state index in [1.165, 1.54) is 7.11 Å². The minimum Gasteiger partial charge on any atom is -0.469 e. The standard InChI is InChI=1S/C21H32O5/c1-12(2)20-10-7-14(22)21(16(20)26-20)15(23)11-13-18(3,17(24)25-5)8-6-9-19(13,21)4/h12-13,15-16,23H,6-11H2,1-5H3/t13-,15+,16-,18+,19+,20+,21-/m0/s1. The number of epoxide rings is 1. The second-order valence-electron chi connectivity index (χ2n) is 9.88. The molecule has 3 saturated carbocycles. The third-order valence-corrected chi connectivity index (χ3v) is 8.83. The largest absolute Gasteiger partial charge is 0.469 e. The van der Waals surface area contributed by atoms with E-state index >= 15 is 0 Å². The molecule has 0 amide bonds. The molecule has 5 heteroatoms. The van der Waals surface area contributed by atoms with Crippen LogP contribution in [0.15, 0.2) is 0 Å². The smallest absolute Gasteiger partial charge is 0.311 e. The van der Waals surface area contributed by atoms with E-state index in [-0.39, 0.29) is 29.4 Å². The van der Waals surface area contributed by atoms with E-state index in [2.05, 4.69) is 20.8 Å². The van der Waals surface area contributed by atoms with Crippen LogP contribution in [0.5, 0.6) is 0 Å². The maximum absolute atomic E-state index is 13.4. The van der Waals surface area contributed by atoms with Gasteiger partial charge in [-0.3, -0.25) is 9.59 Å². The molecule has 4 aliphatic rings. The number of ketones is 1. The van der Waals surface area contributed by atoms with Crippen LogP contribution >= 0.6 is 0 Å². The SMILES string of the molecule is COC(=O)[C@]1(C)CCC[C@]2(C)[C@H]1C[C@@H](O)[C@]21C(=O)CC[C@]2(C(C)C)O[C@H]12. The van der Waals surface area contributed by atoms with E-state index in [0.717, 1.165) is 25.7 Å². The number of Topliss-reactive ketones (excluding diaryl/α,β-unsaturated/α-hetero) is 1. The second kappa shape index (κ2) is 5.32. The lowest BCUT2D eigenvalue weighted by Crippen LogP contribution is -2.61. The van der Waals surface area contributed by atoms with Crippen LogP contribution in [0, 0.1) is 28.1 Å². The summed E-state index contributed by atoms with van der Waals surface area (Å²) in [5, 5.41) is 11.3. The Balaban J connectivity index is 1.83. The first-order chi connectivity index (χ1) is 12.1. The number of esters is 1. The molecular weight excluding hydrogens is 332 g/mol. The zero-order chi connectivity index (χ0) is 19.1. The molecule has 0 radical (unpaired) electrons. The number of ether oxygens (including phenoxy) is 2. The Morgan fingerprint density at radius 3 is 2.58 bits per heavy atom. The van der Waals surface area contributed by atoms with Gasteiger partial charge in [-0.2, -0.15) is 0 Å². The normalized spacial score (nSPS) is 52.7. The molecule has 1 heterocycles. The summed E-state index contributed by atoms with van der Waals surface area (Å²) in [5.41, 5.74) is -2.26. The fourth-order valence-corrected chi connectivity index (χ4v) is 7.38. The molecule has 5 nitrogen and oxygen atoms in total. The third kappa shape index (κ3) is 1.80. The van der Waals surface area contributed by atoms with Crippen molar-refractivity contribution in [3.63, 3.8) is 0 Å². The molecule has 26 heavy (non-hydrogen) atoms. The molecule has 0 aromatic rings. The maximum Gasteiger partial charge on any atom is 0.311 e. The average molecular weight is 364 g/mol. The number of aliphatic hydroxyl groups is 1. The molecule has 1 N–H and O–H groups in total. The van der Waals surface area contributed by atoms with Crippen molar-refractivity contribution >= 4 is 11.8 Å². The molecule has 3 aliphatic carbocycles. The van der Waals surface area contributed by atoms with Crippen LogP contribution in [0.3, 0.4) is 0 Å². The number of fused-ring (bicyclic) bond motifs is 4. The number of methoxy groups -OCH3 is 1. The molecule has 7 atom stereocenters. The number of carbonyl (C=O) groups excluding carboxylic acids is 2. The van der Waals surface area contributed by atoms with Crippen molar-refractivity contribution in [2.45, 2.75) is 84.0 Å². The number of hydrogen-bond donors (Lipinski definition) is 1. The molecule has 0 unspecified atom stereocenters. The molecule has 1 aliphatic heterocycles. The lowest BCUT2D eigenvalue weighted by molar-refractivity contribution is -0.171. The first kappa shape index (κ1) is 18.4. The van der Waals surface area contributed by atoms with Crippen LogP contribution in [0.1, 0.15) is 66.2 Å². The summed E-state index contributed by atoms with van der Waals surface area (Å²) in [6, 6.07) is 0. The third-order valence-electron chi connectivity index (χ3n) is 8.83. The Hall–Kier alpha value is -0.940. The highest BCUT2D eigenvalue weighted by atomic mass is 16.6. The van der Waals surface area contributed by atoms with Gasteiger partial charge in [0.05, 0.1) is 29.6 Å². The molecule has 4 fully saturated rings. The highest BCUT2D eigenvalue weighted by Crippen LogP contribution is 2.75. The topological polar surface area (TPSA) is 76.1 Å². The Bertz CT molecular complexity index is 659. The molecule has 0 aromatic heterocycles. The lowest BCUT2D eigenvalue weighted by atomic mass is 9.47. The van der Waals surface area contributed by atoms with Crippen LogP contribution in [0.4, 0.5) is 0 Å². The van der Waals surface area contributed by atoms with Gasteiger partial charge in [0.1, 0.15) is 11.9 Å². The lowest BCUT2D eigenvalue weighted by Gasteiger charge is -2.54. The number of hydrogen-bond acceptors (Lipinski definition) is 5. The van der Waals surface area contributed by atoms with E-state index in [1.807, 2.05) is 6.92 Å². The Morgan fingerprint density at radius 1 is 1.27 bits per heavy atom. The predicted molar refractivity (Wildman–Crippen MR) is 95.3 cm³/mol. The average Bonchev–Trinajstić information content (AvgIpc) is 3.28. The van der Waals surface area contributed by atoms with Gasteiger partial charge in [0.25, 0.3) is 0 Å². The molecule has 4 rings (SSSR count). The summed E-state index contributed by atoms with van der Waals surface area (Å²) < 4.78 is 11.4. The first-order valence-electron chi connectivity index (χ1n) is 10.1. The molecule has 1 saturated heterocycles. The Kier molecular flexibility index (Phi) is 3.77. The summed E-state index contributed by atoms with van der Waals surface area (Å²) >= 11 is 0. The molecule has 1 spiro atoms. The maximum atomic E-state index is 13.4. The van der Waals surface area contributed by atoms with Crippen LogP contribution in [0.2, 0.25) is 0 Å². The van der Waals surface area contributed by atoms with Crippen molar-refractivity contribution in [1.29, 1.82) is 0 Å². The Morgan fingerprint density at radius 2 is 1.96 bits per heavy atom. The first-order valence-corrected chi connectivity index (χ1v) is 10.1. The van der Waals surface area contributed by atoms with Gasteiger partial charge in [-0.25, -0.2) is 0 Å². The summed E-state index contributed by atoms with van der Waals surface area (Å²) in [4.78, 5) is 26.1. The monoisotopic (exact) mass is 364 g/mol. The summed E-state index contributed by atoms with van der Waals surface area (Å²) in [6.07, 6.45) is 3.17. The fraction of sp³-hybridized carbons (Fsp3) is 0.905. The number of carbonyl (C=O) groups is 2. The zero-order valence-corrected chi connectivity index (χ0v) is 16.6. The summed E-state index contributed by atoms with van der Waals surface area (Å²) in [6.45, 7) is 8.38. The van der Waals surface area contributed by atoms with Gasteiger partial charge >= 0.3 is 5.97 Å². The van der Waals surface area contributed by atoms with Crippen molar-refractivity contribution in [1.82, 2.24) is 0 Å². The molecule has 0 aromatic carbocycles. The minimum absolute atomic E-state index is 0.0673. The minimum atomic E-state index is -0.879. The van der Waals surface area contributed by atoms with E-state index in [0.29, 0.717) is 18.8 Å². The van der Waals surface area contributed by atoms with Crippen molar-refractivity contribution in [3.8, 4) is 0 Å². The van der Waals surface area contributed by atoms with E-state index in [9.17, 15) is 14.7 Å². The molecule has 146 valence electrons. The van der Waals surface area contributed by atoms with Crippen LogP contribution < -0.4 is 0 Å². The van der Waals surface area contributed by atoms with Gasteiger partial charge in [0.15, 0.2) is 0 Å². The molecule has 0 bridgehead atoms. The van der Waals surface area contributed by atoms with Gasteiger partial charge in [-0.05, 0) is 49.9 Å². The van der Waals surface area contributed by atoms with Crippen molar-refractivity contribution in [3.05, 3.63) is 0 Å². The van der Waals surface area contributed by atoms with Gasteiger partial charge in [-0.1, -0.05) is 27.2 Å². The second-order valence-corrected chi connectivity index (χ2v) is 9.88. The number of aliphatic hydroxyl groups excluding tert-OH is 1. The van der Waals surface area contributed by atoms with Gasteiger partial charge in [-0.15, -0.1) is 0 Å². The van der Waals surface area contributed by atoms with E-state index < -0.39 is 22.3 Å². The van der Waals surface area contributed by atoms with Gasteiger partial charge < -0.3 is 14.6 Å². The predicted octanol–water partition coefficient (Wildman–Crippen LogP) is 2.88. The van der Waals surface area contributed by atoms with Crippen molar-refractivity contribution in [2.24, 2.45) is 28.1 Å². The van der Waals surface area contributed by atoms with E-state index in [1.54, 1.807) is 0 Å². The fourth-order valence-electron chi connectivity index (χ4n) is 7.38. The van der Waals surface area contributed by atoms with Gasteiger partial charge in [0, 0.05) is 6.42 Å². The van der Waals surface area contributed by atoms with Gasteiger partial charge in [0.2, 0.25) is 0 Å². The van der Waals surface area contributed by atoms with Crippen LogP contribution in [-0.4, -0.2) is 41.8 Å². The highest BCUT2D eigenvalue weighted by Gasteiger charge is 2.82. The molecular formula is C21H32O5. The van der Waals surface area contributed by atoms with Crippen LogP contribution in [0.25, 0.3) is 0 Å². The summed E-state index contributed by atoms with van der Waals surface area (Å²) in [5.74, 6) is 0.167. The van der Waals surface area contributed by atoms with Crippen LogP contribution in [-0.2, 0) is 19.1 Å². The Labute approximate surface area is 155 Å². The van der Waals surface area contributed by atoms with Crippen molar-refractivity contribution in [2.75, 3.05) is 7.11 Å². The number of rotatable bonds is 2. The quantitative estimate of drug-likeness (QED) is 0.602. The highest BCUT2D eigenvalue weighted by molar-refractivity contribution is 5.90. The van der Waals surface area contributed by atoms with Crippen molar-refractivity contribution < 1.29 is 24.2 Å². The van der Waals surface area contributed by atoms with E-state index in [4.69, 9.17) is 9.47 Å². The zero-order valence-electron chi connectivity index (χ0n) is 16.6. The summed E-state index contributed by atoms with van der Waals surface area (Å²) in [7, 11) is 1.43.